The number of rotatable bonds is 4. The lowest BCUT2D eigenvalue weighted by Crippen LogP contribution is -2.55. The first-order valence-corrected chi connectivity index (χ1v) is 9.73. The van der Waals surface area contributed by atoms with Crippen molar-refractivity contribution in [3.05, 3.63) is 27.4 Å². The van der Waals surface area contributed by atoms with Crippen LogP contribution in [0.2, 0.25) is 5.02 Å². The maximum atomic E-state index is 13.9. The molecule has 0 aliphatic carbocycles. The van der Waals surface area contributed by atoms with Gasteiger partial charge >= 0.3 is 6.09 Å². The van der Waals surface area contributed by atoms with Crippen molar-refractivity contribution < 1.29 is 18.7 Å². The number of ether oxygens (including phenoxy) is 2. The molecule has 1 aliphatic heterocycles. The van der Waals surface area contributed by atoms with Gasteiger partial charge in [-0.05, 0) is 55.8 Å². The van der Waals surface area contributed by atoms with Crippen LogP contribution in [-0.2, 0) is 4.74 Å². The minimum absolute atomic E-state index is 0.0394. The summed E-state index contributed by atoms with van der Waals surface area (Å²) in [5.74, 6) is -0.331. The molecular weight excluding hydrogens is 427 g/mol. The molecule has 0 N–H and O–H groups in total. The molecule has 0 aromatic heterocycles. The fourth-order valence-electron chi connectivity index (χ4n) is 2.77. The van der Waals surface area contributed by atoms with Crippen LogP contribution in [-0.4, -0.2) is 60.3 Å². The van der Waals surface area contributed by atoms with Crippen molar-refractivity contribution in [1.82, 2.24) is 9.80 Å². The summed E-state index contributed by atoms with van der Waals surface area (Å²) in [4.78, 5) is 16.2. The van der Waals surface area contributed by atoms with Crippen molar-refractivity contribution in [2.45, 2.75) is 39.3 Å². The number of piperazine rings is 1. The Kier molecular flexibility index (Phi) is 7.16. The molecule has 8 heteroatoms. The monoisotopic (exact) mass is 450 g/mol. The average molecular weight is 452 g/mol. The van der Waals surface area contributed by atoms with E-state index in [9.17, 15) is 9.18 Å². The zero-order valence-electron chi connectivity index (χ0n) is 15.5. The minimum Gasteiger partial charge on any atom is -0.488 e. The zero-order valence-corrected chi connectivity index (χ0v) is 17.9. The van der Waals surface area contributed by atoms with Crippen molar-refractivity contribution in [3.8, 4) is 5.75 Å². The molecule has 0 bridgehead atoms. The van der Waals surface area contributed by atoms with Gasteiger partial charge in [-0.25, -0.2) is 9.18 Å². The Balaban J connectivity index is 1.82. The Morgan fingerprint density at radius 3 is 2.65 bits per heavy atom. The third kappa shape index (κ3) is 5.99. The number of halogens is 3. The van der Waals surface area contributed by atoms with Crippen molar-refractivity contribution in [2.24, 2.45) is 0 Å². The molecule has 26 heavy (non-hydrogen) atoms. The van der Waals surface area contributed by atoms with E-state index in [1.165, 1.54) is 6.07 Å². The van der Waals surface area contributed by atoms with Gasteiger partial charge in [0.2, 0.25) is 0 Å². The first-order valence-electron chi connectivity index (χ1n) is 8.56. The Morgan fingerprint density at radius 1 is 1.38 bits per heavy atom. The SMILES string of the molecule is CC1CN(CCOc2c(F)cc(Cl)cc2Br)CCN1C(=O)OC(C)(C)C. The number of hydrogen-bond donors (Lipinski definition) is 0. The van der Waals surface area contributed by atoms with E-state index >= 15 is 0 Å². The lowest BCUT2D eigenvalue weighted by molar-refractivity contribution is 0.000299. The minimum atomic E-state index is -0.502. The molecule has 146 valence electrons. The van der Waals surface area contributed by atoms with Crippen LogP contribution in [0.15, 0.2) is 16.6 Å². The summed E-state index contributed by atoms with van der Waals surface area (Å²) < 4.78 is 25.4. The predicted octanol–water partition coefficient (Wildman–Crippen LogP) is 4.56. The standard InChI is InChI=1S/C18H25BrClFN2O3/c1-12-11-22(5-6-23(12)17(24)26-18(2,3)4)7-8-25-16-14(19)9-13(20)10-15(16)21/h9-10,12H,5-8,11H2,1-4H3. The molecule has 0 saturated carbocycles. The van der Waals surface area contributed by atoms with Crippen molar-refractivity contribution in [3.63, 3.8) is 0 Å². The van der Waals surface area contributed by atoms with Gasteiger partial charge in [0.15, 0.2) is 11.6 Å². The Morgan fingerprint density at radius 2 is 2.08 bits per heavy atom. The van der Waals surface area contributed by atoms with Crippen molar-refractivity contribution in [1.29, 1.82) is 0 Å². The van der Waals surface area contributed by atoms with E-state index in [0.717, 1.165) is 6.54 Å². The Labute approximate surface area is 167 Å². The van der Waals surface area contributed by atoms with E-state index in [4.69, 9.17) is 21.1 Å². The number of nitrogens with zero attached hydrogens (tertiary/aromatic N) is 2. The first-order chi connectivity index (χ1) is 12.1. The van der Waals surface area contributed by atoms with E-state index in [1.807, 2.05) is 27.7 Å². The fraction of sp³-hybridized carbons (Fsp3) is 0.611. The fourth-order valence-corrected chi connectivity index (χ4v) is 3.66. The highest BCUT2D eigenvalue weighted by atomic mass is 79.9. The van der Waals surface area contributed by atoms with Crippen LogP contribution in [0.5, 0.6) is 5.75 Å². The zero-order chi connectivity index (χ0) is 19.5. The Hall–Kier alpha value is -1.05. The predicted molar refractivity (Wildman–Crippen MR) is 103 cm³/mol. The van der Waals surface area contributed by atoms with E-state index in [2.05, 4.69) is 20.8 Å². The van der Waals surface area contributed by atoms with Gasteiger partial charge in [-0.2, -0.15) is 0 Å². The molecule has 1 aliphatic rings. The highest BCUT2D eigenvalue weighted by Gasteiger charge is 2.30. The van der Waals surface area contributed by atoms with E-state index in [0.29, 0.717) is 35.7 Å². The van der Waals surface area contributed by atoms with Gasteiger partial charge in [-0.1, -0.05) is 11.6 Å². The average Bonchev–Trinajstić information content (AvgIpc) is 2.48. The normalized spacial score (nSPS) is 18.7. The van der Waals surface area contributed by atoms with Gasteiger partial charge in [-0.3, -0.25) is 4.90 Å². The molecule has 0 radical (unpaired) electrons. The summed E-state index contributed by atoms with van der Waals surface area (Å²) in [6.45, 7) is 10.6. The van der Waals surface area contributed by atoms with Gasteiger partial charge in [0, 0.05) is 37.2 Å². The van der Waals surface area contributed by atoms with Crippen LogP contribution in [0.4, 0.5) is 9.18 Å². The molecular formula is C18H25BrClFN2O3. The molecule has 5 nitrogen and oxygen atoms in total. The smallest absolute Gasteiger partial charge is 0.410 e. The molecule has 2 rings (SSSR count). The molecule has 1 fully saturated rings. The van der Waals surface area contributed by atoms with Crippen LogP contribution >= 0.6 is 27.5 Å². The highest BCUT2D eigenvalue weighted by molar-refractivity contribution is 9.10. The van der Waals surface area contributed by atoms with Gasteiger partial charge in [0.1, 0.15) is 12.2 Å². The van der Waals surface area contributed by atoms with Crippen molar-refractivity contribution >= 4 is 33.6 Å². The molecule has 1 aromatic rings. The third-order valence-electron chi connectivity index (χ3n) is 3.96. The van der Waals surface area contributed by atoms with Gasteiger partial charge in [-0.15, -0.1) is 0 Å². The number of hydrogen-bond acceptors (Lipinski definition) is 4. The van der Waals surface area contributed by atoms with Crippen LogP contribution in [0.3, 0.4) is 0 Å². The summed E-state index contributed by atoms with van der Waals surface area (Å²) in [7, 11) is 0. The topological polar surface area (TPSA) is 42.0 Å². The second-order valence-electron chi connectivity index (χ2n) is 7.37. The lowest BCUT2D eigenvalue weighted by atomic mass is 10.2. The largest absolute Gasteiger partial charge is 0.488 e. The molecule has 0 spiro atoms. The molecule has 1 atom stereocenters. The molecule has 1 unspecified atom stereocenters. The van der Waals surface area contributed by atoms with Crippen LogP contribution in [0.1, 0.15) is 27.7 Å². The second kappa shape index (κ2) is 8.76. The summed E-state index contributed by atoms with van der Waals surface area (Å²) in [5.41, 5.74) is -0.502. The van der Waals surface area contributed by atoms with E-state index in [1.54, 1.807) is 11.0 Å². The van der Waals surface area contributed by atoms with Crippen LogP contribution in [0.25, 0.3) is 0 Å². The maximum Gasteiger partial charge on any atom is 0.410 e. The number of carbonyl (C=O) groups is 1. The maximum absolute atomic E-state index is 13.9. The molecule has 1 aromatic carbocycles. The quantitative estimate of drug-likeness (QED) is 0.673. The number of carbonyl (C=O) groups excluding carboxylic acids is 1. The van der Waals surface area contributed by atoms with Gasteiger partial charge in [0.25, 0.3) is 0 Å². The molecule has 1 amide bonds. The number of amides is 1. The van der Waals surface area contributed by atoms with Crippen molar-refractivity contribution in [2.75, 3.05) is 32.8 Å². The van der Waals surface area contributed by atoms with Crippen LogP contribution in [0, 0.1) is 5.82 Å². The lowest BCUT2D eigenvalue weighted by Gasteiger charge is -2.40. The third-order valence-corrected chi connectivity index (χ3v) is 4.76. The van der Waals surface area contributed by atoms with Gasteiger partial charge < -0.3 is 14.4 Å². The molecule has 1 heterocycles. The summed E-state index contributed by atoms with van der Waals surface area (Å²) in [6, 6.07) is 2.86. The van der Waals surface area contributed by atoms with E-state index < -0.39 is 11.4 Å². The van der Waals surface area contributed by atoms with Gasteiger partial charge in [0.05, 0.1) is 4.47 Å². The summed E-state index contributed by atoms with van der Waals surface area (Å²) in [5, 5.41) is 0.314. The van der Waals surface area contributed by atoms with E-state index in [-0.39, 0.29) is 17.9 Å². The van der Waals surface area contributed by atoms with Crippen LogP contribution < -0.4 is 4.74 Å². The molecule has 1 saturated heterocycles. The highest BCUT2D eigenvalue weighted by Crippen LogP contribution is 2.31. The Bertz CT molecular complexity index is 631. The summed E-state index contributed by atoms with van der Waals surface area (Å²) >= 11 is 9.06. The summed E-state index contributed by atoms with van der Waals surface area (Å²) in [6.07, 6.45) is -0.284. The number of benzene rings is 1. The first kappa shape index (κ1) is 21.3. The second-order valence-corrected chi connectivity index (χ2v) is 8.66.